The van der Waals surface area contributed by atoms with E-state index in [0.29, 0.717) is 54.6 Å². The highest BCUT2D eigenvalue weighted by atomic mass is 16.6. The fourth-order valence-corrected chi connectivity index (χ4v) is 5.28. The Morgan fingerprint density at radius 1 is 0.780 bits per heavy atom. The zero-order valence-electron chi connectivity index (χ0n) is 23.2. The van der Waals surface area contributed by atoms with Gasteiger partial charge in [-0.15, -0.1) is 0 Å². The molecule has 2 saturated heterocycles. The van der Waals surface area contributed by atoms with Crippen molar-refractivity contribution in [2.75, 3.05) is 68.6 Å². The van der Waals surface area contributed by atoms with Gasteiger partial charge in [0.05, 0.1) is 19.1 Å². The third-order valence-electron chi connectivity index (χ3n) is 7.54. The van der Waals surface area contributed by atoms with Crippen LogP contribution in [0.1, 0.15) is 33.6 Å². The molecule has 0 saturated carbocycles. The molecule has 2 fully saturated rings. The molecule has 214 valence electrons. The van der Waals surface area contributed by atoms with Crippen molar-refractivity contribution in [2.24, 2.45) is 0 Å². The Morgan fingerprint density at radius 3 is 2.00 bits per heavy atom. The molecule has 2 aliphatic heterocycles. The molecule has 2 aliphatic rings. The minimum atomic E-state index is -0.430. The predicted octanol–water partition coefficient (Wildman–Crippen LogP) is 4.43. The SMILES string of the molecule is COc1cc(OC)cc(C(=O)N2CCN(c3ccc(NC(=O)c4ccc(N5CCCC5)c([N+](=O)[O-])c4)cc3)CC2)c1. The van der Waals surface area contributed by atoms with E-state index in [2.05, 4.69) is 10.2 Å². The van der Waals surface area contributed by atoms with Crippen molar-refractivity contribution < 1.29 is 24.0 Å². The number of methoxy groups -OCH3 is 2. The number of nitro groups is 1. The summed E-state index contributed by atoms with van der Waals surface area (Å²) in [7, 11) is 3.11. The fourth-order valence-electron chi connectivity index (χ4n) is 5.28. The van der Waals surface area contributed by atoms with Gasteiger partial charge in [-0.3, -0.25) is 19.7 Å². The third-order valence-corrected chi connectivity index (χ3v) is 7.54. The molecular weight excluding hydrogens is 526 g/mol. The molecule has 0 radical (unpaired) electrons. The summed E-state index contributed by atoms with van der Waals surface area (Å²) < 4.78 is 10.6. The number of carbonyl (C=O) groups excluding carboxylic acids is 2. The van der Waals surface area contributed by atoms with Gasteiger partial charge in [-0.25, -0.2) is 0 Å². The Morgan fingerprint density at radius 2 is 1.41 bits per heavy atom. The molecule has 0 aliphatic carbocycles. The van der Waals surface area contributed by atoms with Crippen LogP contribution in [0.25, 0.3) is 0 Å². The summed E-state index contributed by atoms with van der Waals surface area (Å²) in [6.45, 7) is 3.99. The summed E-state index contributed by atoms with van der Waals surface area (Å²) in [6, 6.07) is 17.2. The number of hydrogen-bond donors (Lipinski definition) is 1. The van der Waals surface area contributed by atoms with Crippen LogP contribution in [-0.2, 0) is 0 Å². The molecule has 3 aromatic rings. The zero-order valence-corrected chi connectivity index (χ0v) is 23.2. The first-order chi connectivity index (χ1) is 19.9. The van der Waals surface area contributed by atoms with Gasteiger partial charge in [-0.1, -0.05) is 0 Å². The maximum atomic E-state index is 13.1. The lowest BCUT2D eigenvalue weighted by atomic mass is 10.1. The van der Waals surface area contributed by atoms with Gasteiger partial charge in [0.2, 0.25) is 0 Å². The molecule has 2 amide bonds. The lowest BCUT2D eigenvalue weighted by Crippen LogP contribution is -2.48. The van der Waals surface area contributed by atoms with Crippen molar-refractivity contribution in [3.05, 3.63) is 81.9 Å². The van der Waals surface area contributed by atoms with Crippen LogP contribution in [0.5, 0.6) is 11.5 Å². The molecule has 0 bridgehead atoms. The summed E-state index contributed by atoms with van der Waals surface area (Å²) in [4.78, 5) is 43.2. The third kappa shape index (κ3) is 6.19. The topological polar surface area (TPSA) is 117 Å². The molecule has 11 heteroatoms. The zero-order chi connectivity index (χ0) is 28.9. The van der Waals surface area contributed by atoms with Crippen molar-refractivity contribution in [1.82, 2.24) is 4.90 Å². The van der Waals surface area contributed by atoms with Crippen LogP contribution in [0.15, 0.2) is 60.7 Å². The van der Waals surface area contributed by atoms with Crippen LogP contribution >= 0.6 is 0 Å². The monoisotopic (exact) mass is 559 g/mol. The highest BCUT2D eigenvalue weighted by molar-refractivity contribution is 6.05. The summed E-state index contributed by atoms with van der Waals surface area (Å²) in [5, 5.41) is 14.5. The Bertz CT molecular complexity index is 1410. The van der Waals surface area contributed by atoms with E-state index in [1.165, 1.54) is 6.07 Å². The van der Waals surface area contributed by atoms with E-state index in [1.54, 1.807) is 56.7 Å². The minimum absolute atomic E-state index is 0.0574. The number of anilines is 3. The first-order valence-electron chi connectivity index (χ1n) is 13.6. The first-order valence-corrected chi connectivity index (χ1v) is 13.6. The molecule has 41 heavy (non-hydrogen) atoms. The van der Waals surface area contributed by atoms with Gasteiger partial charge >= 0.3 is 0 Å². The van der Waals surface area contributed by atoms with Crippen LogP contribution in [0.2, 0.25) is 0 Å². The number of hydrogen-bond acceptors (Lipinski definition) is 8. The van der Waals surface area contributed by atoms with Gasteiger partial charge < -0.3 is 29.5 Å². The summed E-state index contributed by atoms with van der Waals surface area (Å²) in [5.74, 6) is 0.649. The molecule has 3 aromatic carbocycles. The van der Waals surface area contributed by atoms with E-state index in [9.17, 15) is 19.7 Å². The van der Waals surface area contributed by atoms with Crippen LogP contribution in [0.3, 0.4) is 0 Å². The van der Waals surface area contributed by atoms with Crippen LogP contribution in [0, 0.1) is 10.1 Å². The second-order valence-electron chi connectivity index (χ2n) is 10.0. The van der Waals surface area contributed by atoms with Gasteiger partial charge in [0.25, 0.3) is 17.5 Å². The van der Waals surface area contributed by atoms with Gasteiger partial charge in [0, 0.05) is 73.9 Å². The van der Waals surface area contributed by atoms with Gasteiger partial charge in [-0.2, -0.15) is 0 Å². The van der Waals surface area contributed by atoms with E-state index in [1.807, 2.05) is 21.9 Å². The highest BCUT2D eigenvalue weighted by Gasteiger charge is 2.25. The second kappa shape index (κ2) is 12.2. The van der Waals surface area contributed by atoms with Crippen molar-refractivity contribution in [2.45, 2.75) is 12.8 Å². The molecule has 11 nitrogen and oxygen atoms in total. The lowest BCUT2D eigenvalue weighted by molar-refractivity contribution is -0.384. The number of amides is 2. The van der Waals surface area contributed by atoms with E-state index >= 15 is 0 Å². The molecule has 0 atom stereocenters. The summed E-state index contributed by atoms with van der Waals surface area (Å²) in [6.07, 6.45) is 2.00. The fraction of sp³-hybridized carbons (Fsp3) is 0.333. The van der Waals surface area contributed by atoms with Crippen molar-refractivity contribution >= 4 is 34.6 Å². The van der Waals surface area contributed by atoms with E-state index in [4.69, 9.17) is 9.47 Å². The largest absolute Gasteiger partial charge is 0.497 e. The maximum Gasteiger partial charge on any atom is 0.293 e. The Hall–Kier alpha value is -4.80. The van der Waals surface area contributed by atoms with Gasteiger partial charge in [0.1, 0.15) is 17.2 Å². The molecule has 2 heterocycles. The number of benzene rings is 3. The maximum absolute atomic E-state index is 13.1. The average molecular weight is 560 g/mol. The van der Waals surface area contributed by atoms with Crippen molar-refractivity contribution in [1.29, 1.82) is 0 Å². The number of nitrogens with zero attached hydrogens (tertiary/aromatic N) is 4. The molecule has 0 spiro atoms. The number of ether oxygens (including phenoxy) is 2. The van der Waals surface area contributed by atoms with E-state index < -0.39 is 10.8 Å². The van der Waals surface area contributed by atoms with Crippen molar-refractivity contribution in [3.8, 4) is 11.5 Å². The minimum Gasteiger partial charge on any atom is -0.497 e. The summed E-state index contributed by atoms with van der Waals surface area (Å²) in [5.41, 5.74) is 2.81. The van der Waals surface area contributed by atoms with Crippen molar-refractivity contribution in [3.63, 3.8) is 0 Å². The highest BCUT2D eigenvalue weighted by Crippen LogP contribution is 2.32. The average Bonchev–Trinajstić information content (AvgIpc) is 3.55. The summed E-state index contributed by atoms with van der Waals surface area (Å²) >= 11 is 0. The van der Waals surface area contributed by atoms with Gasteiger partial charge in [-0.05, 0) is 61.4 Å². The van der Waals surface area contributed by atoms with E-state index in [0.717, 1.165) is 31.6 Å². The Labute approximate surface area is 238 Å². The molecule has 5 rings (SSSR count). The Balaban J connectivity index is 1.19. The number of nitro benzene ring substituents is 1. The molecule has 1 N–H and O–H groups in total. The molecular formula is C30H33N5O6. The Kier molecular flexibility index (Phi) is 8.23. The smallest absolute Gasteiger partial charge is 0.293 e. The van der Waals surface area contributed by atoms with Crippen LogP contribution in [0.4, 0.5) is 22.7 Å². The van der Waals surface area contributed by atoms with E-state index in [-0.39, 0.29) is 17.2 Å². The number of piperazine rings is 1. The number of carbonyl (C=O) groups is 2. The number of rotatable bonds is 8. The lowest BCUT2D eigenvalue weighted by Gasteiger charge is -2.36. The number of nitrogens with one attached hydrogen (secondary N) is 1. The normalized spacial score (nSPS) is 15.0. The van der Waals surface area contributed by atoms with Crippen LogP contribution in [-0.4, -0.2) is 75.1 Å². The second-order valence-corrected chi connectivity index (χ2v) is 10.0. The first kappa shape index (κ1) is 27.8. The predicted molar refractivity (Wildman–Crippen MR) is 157 cm³/mol. The molecule has 0 unspecified atom stereocenters. The van der Waals surface area contributed by atoms with Gasteiger partial charge in [0.15, 0.2) is 0 Å². The van der Waals surface area contributed by atoms with Crippen LogP contribution < -0.4 is 24.6 Å². The quantitative estimate of drug-likeness (QED) is 0.318. The standard InChI is InChI=1S/C30H33N5O6/c1-40-25-17-22(18-26(20-25)41-2)30(37)34-15-13-32(14-16-34)24-8-6-23(7-9-24)31-29(36)21-5-10-27(28(19-21)35(38)39)33-11-3-4-12-33/h5-10,17-20H,3-4,11-16H2,1-2H3,(H,31,36). The molecule has 0 aromatic heterocycles.